The zero-order chi connectivity index (χ0) is 12.4. The van der Waals surface area contributed by atoms with E-state index in [4.69, 9.17) is 0 Å². The lowest BCUT2D eigenvalue weighted by molar-refractivity contribution is -0.123. The largest absolute Gasteiger partial charge is 0.378 e. The first kappa shape index (κ1) is 12.1. The second kappa shape index (κ2) is 4.88. The van der Waals surface area contributed by atoms with Crippen molar-refractivity contribution >= 4 is 11.5 Å². The van der Waals surface area contributed by atoms with Gasteiger partial charge in [-0.15, -0.1) is 0 Å². The fourth-order valence-corrected chi connectivity index (χ4v) is 2.32. The number of benzene rings is 1. The van der Waals surface area contributed by atoms with Gasteiger partial charge in [-0.05, 0) is 37.7 Å². The summed E-state index contributed by atoms with van der Waals surface area (Å²) >= 11 is 0. The van der Waals surface area contributed by atoms with Gasteiger partial charge in [0, 0.05) is 25.7 Å². The molecule has 2 rings (SSSR count). The van der Waals surface area contributed by atoms with Crippen LogP contribution in [0.4, 0.5) is 5.69 Å². The number of ketones is 1. The van der Waals surface area contributed by atoms with E-state index < -0.39 is 0 Å². The molecule has 92 valence electrons. The number of likely N-dealkylation sites (tertiary alicyclic amines) is 1. The van der Waals surface area contributed by atoms with E-state index in [2.05, 4.69) is 34.1 Å². The fraction of sp³-hybridized carbons (Fsp3) is 0.500. The summed E-state index contributed by atoms with van der Waals surface area (Å²) < 4.78 is 0. The second-order valence-corrected chi connectivity index (χ2v) is 5.03. The zero-order valence-electron chi connectivity index (χ0n) is 10.8. The lowest BCUT2D eigenvalue weighted by Crippen LogP contribution is -2.37. The molecule has 0 saturated carbocycles. The molecule has 3 heteroatoms. The quantitative estimate of drug-likeness (QED) is 0.776. The van der Waals surface area contributed by atoms with Crippen molar-refractivity contribution in [1.82, 2.24) is 4.90 Å². The van der Waals surface area contributed by atoms with Crippen molar-refractivity contribution in [3.8, 4) is 0 Å². The molecule has 1 unspecified atom stereocenters. The second-order valence-electron chi connectivity index (χ2n) is 5.03. The van der Waals surface area contributed by atoms with Crippen LogP contribution >= 0.6 is 0 Å². The maximum Gasteiger partial charge on any atom is 0.154 e. The van der Waals surface area contributed by atoms with Crippen LogP contribution in [0, 0.1) is 0 Å². The number of anilines is 1. The summed E-state index contributed by atoms with van der Waals surface area (Å²) in [4.78, 5) is 16.1. The van der Waals surface area contributed by atoms with E-state index in [9.17, 15) is 4.79 Å². The molecule has 0 bridgehead atoms. The Bertz CT molecular complexity index is 397. The van der Waals surface area contributed by atoms with Crippen LogP contribution in [0.1, 0.15) is 17.9 Å². The molecule has 1 atom stereocenters. The highest BCUT2D eigenvalue weighted by Crippen LogP contribution is 2.26. The Morgan fingerprint density at radius 3 is 2.41 bits per heavy atom. The van der Waals surface area contributed by atoms with Gasteiger partial charge in [0.2, 0.25) is 0 Å². The number of hydrogen-bond acceptors (Lipinski definition) is 3. The first-order chi connectivity index (χ1) is 8.08. The van der Waals surface area contributed by atoms with E-state index in [-0.39, 0.29) is 5.92 Å². The van der Waals surface area contributed by atoms with Crippen LogP contribution in [0.3, 0.4) is 0 Å². The van der Waals surface area contributed by atoms with Crippen LogP contribution in [-0.4, -0.2) is 44.9 Å². The average molecular weight is 232 g/mol. The molecule has 1 saturated heterocycles. The summed E-state index contributed by atoms with van der Waals surface area (Å²) in [7, 11) is 6.05. The highest BCUT2D eigenvalue weighted by molar-refractivity contribution is 5.88. The molecule has 0 radical (unpaired) electrons. The van der Waals surface area contributed by atoms with Gasteiger partial charge in [0.1, 0.15) is 0 Å². The predicted octanol–water partition coefficient (Wildman–Crippen LogP) is 1.74. The minimum atomic E-state index is 0.0995. The summed E-state index contributed by atoms with van der Waals surface area (Å²) in [6, 6.07) is 8.34. The molecule has 1 aromatic rings. The molecule has 1 heterocycles. The molecule has 1 aliphatic heterocycles. The van der Waals surface area contributed by atoms with Crippen molar-refractivity contribution in [2.75, 3.05) is 39.1 Å². The SMILES string of the molecule is CN1CCC(c2ccc(N(C)C)cc2)C(=O)C1. The van der Waals surface area contributed by atoms with E-state index in [1.54, 1.807) is 0 Å². The Kier molecular flexibility index (Phi) is 3.48. The van der Waals surface area contributed by atoms with Gasteiger partial charge in [0.15, 0.2) is 5.78 Å². The zero-order valence-corrected chi connectivity index (χ0v) is 10.8. The van der Waals surface area contributed by atoms with E-state index in [1.807, 2.05) is 21.1 Å². The summed E-state index contributed by atoms with van der Waals surface area (Å²) in [5, 5.41) is 0. The maximum atomic E-state index is 12.0. The number of piperidine rings is 1. The molecule has 1 aromatic carbocycles. The molecule has 1 aliphatic rings. The van der Waals surface area contributed by atoms with Crippen LogP contribution in [-0.2, 0) is 4.79 Å². The Morgan fingerprint density at radius 2 is 1.88 bits per heavy atom. The predicted molar refractivity (Wildman–Crippen MR) is 70.6 cm³/mol. The fourth-order valence-electron chi connectivity index (χ4n) is 2.32. The smallest absolute Gasteiger partial charge is 0.154 e. The van der Waals surface area contributed by atoms with Gasteiger partial charge in [0.05, 0.1) is 6.54 Å². The van der Waals surface area contributed by atoms with Crippen molar-refractivity contribution in [1.29, 1.82) is 0 Å². The Morgan fingerprint density at radius 1 is 1.24 bits per heavy atom. The highest BCUT2D eigenvalue weighted by Gasteiger charge is 2.26. The maximum absolute atomic E-state index is 12.0. The molecule has 0 aromatic heterocycles. The minimum Gasteiger partial charge on any atom is -0.378 e. The van der Waals surface area contributed by atoms with Crippen molar-refractivity contribution in [3.05, 3.63) is 29.8 Å². The molecule has 3 nitrogen and oxygen atoms in total. The number of carbonyl (C=O) groups excluding carboxylic acids is 1. The number of likely N-dealkylation sites (N-methyl/N-ethyl adjacent to an activating group) is 1. The Labute approximate surface area is 103 Å². The van der Waals surface area contributed by atoms with Crippen molar-refractivity contribution in [2.24, 2.45) is 0 Å². The highest BCUT2D eigenvalue weighted by atomic mass is 16.1. The minimum absolute atomic E-state index is 0.0995. The lowest BCUT2D eigenvalue weighted by atomic mass is 9.88. The average Bonchev–Trinajstić information content (AvgIpc) is 2.29. The van der Waals surface area contributed by atoms with E-state index in [1.165, 1.54) is 5.69 Å². The van der Waals surface area contributed by atoms with Gasteiger partial charge < -0.3 is 4.90 Å². The summed E-state index contributed by atoms with van der Waals surface area (Å²) in [5.41, 5.74) is 2.34. The van der Waals surface area contributed by atoms with Gasteiger partial charge >= 0.3 is 0 Å². The summed E-state index contributed by atoms with van der Waals surface area (Å²) in [6.45, 7) is 1.59. The van der Waals surface area contributed by atoms with Gasteiger partial charge in [-0.25, -0.2) is 0 Å². The van der Waals surface area contributed by atoms with Crippen LogP contribution < -0.4 is 4.90 Å². The van der Waals surface area contributed by atoms with E-state index >= 15 is 0 Å². The van der Waals surface area contributed by atoms with Crippen LogP contribution in [0.15, 0.2) is 24.3 Å². The summed E-state index contributed by atoms with van der Waals surface area (Å²) in [6.07, 6.45) is 0.941. The van der Waals surface area contributed by atoms with Crippen LogP contribution in [0.5, 0.6) is 0 Å². The summed E-state index contributed by atoms with van der Waals surface area (Å²) in [5.74, 6) is 0.443. The number of nitrogens with zero attached hydrogens (tertiary/aromatic N) is 2. The van der Waals surface area contributed by atoms with Crippen LogP contribution in [0.25, 0.3) is 0 Å². The molecule has 1 fully saturated rings. The first-order valence-corrected chi connectivity index (χ1v) is 6.06. The van der Waals surface area contributed by atoms with E-state index in [0.717, 1.165) is 18.5 Å². The van der Waals surface area contributed by atoms with Crippen molar-refractivity contribution in [2.45, 2.75) is 12.3 Å². The normalized spacial score (nSPS) is 21.6. The van der Waals surface area contributed by atoms with E-state index in [0.29, 0.717) is 12.3 Å². The molecule has 17 heavy (non-hydrogen) atoms. The third kappa shape index (κ3) is 2.67. The Balaban J connectivity index is 2.14. The molecule has 0 aliphatic carbocycles. The number of rotatable bonds is 2. The van der Waals surface area contributed by atoms with Gasteiger partial charge in [-0.2, -0.15) is 0 Å². The first-order valence-electron chi connectivity index (χ1n) is 6.06. The molecule has 0 amide bonds. The van der Waals surface area contributed by atoms with Gasteiger partial charge in [0.25, 0.3) is 0 Å². The number of Topliss-reactive ketones (excluding diaryl/α,β-unsaturated/α-hetero) is 1. The lowest BCUT2D eigenvalue weighted by Gasteiger charge is -2.28. The number of carbonyl (C=O) groups is 1. The number of hydrogen-bond donors (Lipinski definition) is 0. The van der Waals surface area contributed by atoms with Gasteiger partial charge in [-0.1, -0.05) is 12.1 Å². The standard InChI is InChI=1S/C14H20N2O/c1-15(2)12-6-4-11(5-7-12)13-8-9-16(3)10-14(13)17/h4-7,13H,8-10H2,1-3H3. The monoisotopic (exact) mass is 232 g/mol. The van der Waals surface area contributed by atoms with Crippen molar-refractivity contribution in [3.63, 3.8) is 0 Å². The third-order valence-electron chi connectivity index (χ3n) is 3.43. The molecular formula is C14H20N2O. The van der Waals surface area contributed by atoms with Gasteiger partial charge in [-0.3, -0.25) is 9.69 Å². The third-order valence-corrected chi connectivity index (χ3v) is 3.43. The molecule has 0 spiro atoms. The van der Waals surface area contributed by atoms with Crippen molar-refractivity contribution < 1.29 is 4.79 Å². The molecule has 0 N–H and O–H groups in total. The van der Waals surface area contributed by atoms with Crippen LogP contribution in [0.2, 0.25) is 0 Å². The topological polar surface area (TPSA) is 23.6 Å². The Hall–Kier alpha value is -1.35. The molecular weight excluding hydrogens is 212 g/mol.